The number of hydrogen-bond donors (Lipinski definition) is 3. The van der Waals surface area contributed by atoms with Crippen molar-refractivity contribution < 1.29 is 14.7 Å². The highest BCUT2D eigenvalue weighted by Gasteiger charge is 2.21. The Morgan fingerprint density at radius 1 is 1.00 bits per heavy atom. The monoisotopic (exact) mass is 367 g/mol. The number of nitrogens with one attached hydrogen (secondary N) is 2. The summed E-state index contributed by atoms with van der Waals surface area (Å²) >= 11 is 0. The first-order valence-electron chi connectivity index (χ1n) is 9.19. The molecule has 1 saturated heterocycles. The molecule has 0 saturated carbocycles. The number of carbonyl (C=O) groups excluding carboxylic acids is 1. The van der Waals surface area contributed by atoms with E-state index in [1.165, 1.54) is 0 Å². The van der Waals surface area contributed by atoms with Crippen molar-refractivity contribution in [3.8, 4) is 0 Å². The molecule has 2 aromatic rings. The molecule has 1 fully saturated rings. The number of piperidine rings is 1. The van der Waals surface area contributed by atoms with Gasteiger partial charge in [-0.1, -0.05) is 13.0 Å². The van der Waals surface area contributed by atoms with Gasteiger partial charge in [-0.2, -0.15) is 0 Å². The zero-order chi connectivity index (χ0) is 19.4. The fraction of sp³-hybridized carbons (Fsp3) is 0.333. The average Bonchev–Trinajstić information content (AvgIpc) is 2.63. The smallest absolute Gasteiger partial charge is 0.409 e. The second-order valence-corrected chi connectivity index (χ2v) is 7.15. The van der Waals surface area contributed by atoms with Crippen molar-refractivity contribution in [3.63, 3.8) is 0 Å². The van der Waals surface area contributed by atoms with Gasteiger partial charge in [0.1, 0.15) is 0 Å². The van der Waals surface area contributed by atoms with Gasteiger partial charge in [-0.25, -0.2) is 4.79 Å². The molecule has 0 unspecified atom stereocenters. The summed E-state index contributed by atoms with van der Waals surface area (Å²) in [5.41, 5.74) is 3.84. The third kappa shape index (κ3) is 4.78. The third-order valence-corrected chi connectivity index (χ3v) is 4.92. The molecule has 0 bridgehead atoms. The Morgan fingerprint density at radius 3 is 2.19 bits per heavy atom. The highest BCUT2D eigenvalue weighted by Crippen LogP contribution is 2.28. The summed E-state index contributed by atoms with van der Waals surface area (Å²) in [6, 6.07) is 12.5. The van der Waals surface area contributed by atoms with Crippen molar-refractivity contribution in [1.29, 1.82) is 0 Å². The van der Waals surface area contributed by atoms with E-state index in [9.17, 15) is 9.59 Å². The van der Waals surface area contributed by atoms with Gasteiger partial charge >= 0.3 is 6.09 Å². The summed E-state index contributed by atoms with van der Waals surface area (Å²) < 4.78 is 0. The van der Waals surface area contributed by atoms with Crippen LogP contribution >= 0.6 is 0 Å². The summed E-state index contributed by atoms with van der Waals surface area (Å²) in [5, 5.41) is 13.9. The Bertz CT molecular complexity index is 825. The molecule has 2 aromatic carbocycles. The highest BCUT2D eigenvalue weighted by atomic mass is 16.4. The quantitative estimate of drug-likeness (QED) is 0.739. The lowest BCUT2D eigenvalue weighted by Crippen LogP contribution is -2.34. The predicted octanol–water partition coefficient (Wildman–Crippen LogP) is 4.57. The van der Waals surface area contributed by atoms with Crippen LogP contribution in [0.4, 0.5) is 21.9 Å². The second-order valence-electron chi connectivity index (χ2n) is 7.15. The minimum absolute atomic E-state index is 0.164. The summed E-state index contributed by atoms with van der Waals surface area (Å²) in [6.45, 7) is 6.22. The van der Waals surface area contributed by atoms with Crippen LogP contribution in [0.1, 0.15) is 35.7 Å². The molecule has 0 atom stereocenters. The van der Waals surface area contributed by atoms with Crippen molar-refractivity contribution in [1.82, 2.24) is 0 Å². The molecule has 0 aliphatic carbocycles. The van der Waals surface area contributed by atoms with Crippen molar-refractivity contribution in [2.75, 3.05) is 28.6 Å². The van der Waals surface area contributed by atoms with Crippen LogP contribution in [-0.4, -0.2) is 30.2 Å². The van der Waals surface area contributed by atoms with E-state index in [0.29, 0.717) is 16.9 Å². The number of carbonyl (C=O) groups is 2. The van der Waals surface area contributed by atoms with Crippen LogP contribution in [-0.2, 0) is 0 Å². The molecule has 3 N–H and O–H groups in total. The van der Waals surface area contributed by atoms with Crippen LogP contribution in [0.25, 0.3) is 0 Å². The molecule has 1 heterocycles. The van der Waals surface area contributed by atoms with E-state index in [1.807, 2.05) is 19.1 Å². The van der Waals surface area contributed by atoms with Gasteiger partial charge in [-0.3, -0.25) is 10.1 Å². The maximum absolute atomic E-state index is 12.9. The van der Waals surface area contributed by atoms with Gasteiger partial charge in [0.15, 0.2) is 0 Å². The minimum atomic E-state index is -1.12. The number of nitrogens with zero attached hydrogens (tertiary/aromatic N) is 1. The number of carboxylic acid groups (broad SMARTS) is 1. The molecular weight excluding hydrogens is 342 g/mol. The van der Waals surface area contributed by atoms with Crippen LogP contribution in [0.15, 0.2) is 42.5 Å². The van der Waals surface area contributed by atoms with Gasteiger partial charge in [0.25, 0.3) is 5.91 Å². The van der Waals surface area contributed by atoms with Gasteiger partial charge in [0.2, 0.25) is 0 Å². The SMILES string of the molecule is Cc1ccc(C(=O)Nc2ccc(NC(=O)O)cc2)c(N2CCC(C)CC2)c1. The number of benzene rings is 2. The summed E-state index contributed by atoms with van der Waals surface area (Å²) in [6.07, 6.45) is 1.15. The zero-order valence-electron chi connectivity index (χ0n) is 15.7. The number of hydrogen-bond acceptors (Lipinski definition) is 3. The Hall–Kier alpha value is -3.02. The molecule has 1 aliphatic heterocycles. The molecule has 142 valence electrons. The lowest BCUT2D eigenvalue weighted by molar-refractivity contribution is 0.102. The average molecular weight is 367 g/mol. The number of amides is 2. The van der Waals surface area contributed by atoms with Crippen LogP contribution in [0.5, 0.6) is 0 Å². The molecule has 1 aliphatic rings. The Kier molecular flexibility index (Phi) is 5.64. The van der Waals surface area contributed by atoms with Crippen molar-refractivity contribution in [3.05, 3.63) is 53.6 Å². The van der Waals surface area contributed by atoms with Crippen molar-refractivity contribution >= 4 is 29.1 Å². The van der Waals surface area contributed by atoms with E-state index >= 15 is 0 Å². The molecule has 3 rings (SSSR count). The van der Waals surface area contributed by atoms with Gasteiger partial charge < -0.3 is 15.3 Å². The van der Waals surface area contributed by atoms with Gasteiger partial charge in [0.05, 0.1) is 5.56 Å². The third-order valence-electron chi connectivity index (χ3n) is 4.92. The molecule has 6 nitrogen and oxygen atoms in total. The Balaban J connectivity index is 1.77. The molecule has 2 amide bonds. The van der Waals surface area contributed by atoms with Gasteiger partial charge in [-0.15, -0.1) is 0 Å². The van der Waals surface area contributed by atoms with Gasteiger partial charge in [-0.05, 0) is 67.6 Å². The molecule has 27 heavy (non-hydrogen) atoms. The van der Waals surface area contributed by atoms with Crippen LogP contribution < -0.4 is 15.5 Å². The molecule has 0 radical (unpaired) electrons. The highest BCUT2D eigenvalue weighted by molar-refractivity contribution is 6.08. The minimum Gasteiger partial charge on any atom is -0.465 e. The van der Waals surface area contributed by atoms with Crippen LogP contribution in [0, 0.1) is 12.8 Å². The van der Waals surface area contributed by atoms with E-state index in [4.69, 9.17) is 5.11 Å². The van der Waals surface area contributed by atoms with Crippen molar-refractivity contribution in [2.24, 2.45) is 5.92 Å². The largest absolute Gasteiger partial charge is 0.465 e. The van der Waals surface area contributed by atoms with E-state index in [2.05, 4.69) is 28.5 Å². The molecule has 0 aromatic heterocycles. The van der Waals surface area contributed by atoms with Crippen LogP contribution in [0.3, 0.4) is 0 Å². The maximum atomic E-state index is 12.9. The Morgan fingerprint density at radius 2 is 1.59 bits per heavy atom. The van der Waals surface area contributed by atoms with Crippen molar-refractivity contribution in [2.45, 2.75) is 26.7 Å². The summed E-state index contributed by atoms with van der Waals surface area (Å²) in [4.78, 5) is 25.8. The number of anilines is 3. The van der Waals surface area contributed by atoms with E-state index < -0.39 is 6.09 Å². The first-order chi connectivity index (χ1) is 12.9. The fourth-order valence-corrected chi connectivity index (χ4v) is 3.30. The maximum Gasteiger partial charge on any atom is 0.409 e. The number of aryl methyl sites for hydroxylation is 1. The predicted molar refractivity (Wildman–Crippen MR) is 108 cm³/mol. The summed E-state index contributed by atoms with van der Waals surface area (Å²) in [5.74, 6) is 0.559. The number of rotatable bonds is 4. The second kappa shape index (κ2) is 8.12. The van der Waals surface area contributed by atoms with Crippen LogP contribution in [0.2, 0.25) is 0 Å². The standard InChI is InChI=1S/C21H25N3O3/c1-14-9-11-24(12-10-14)19-13-15(2)3-8-18(19)20(25)22-16-4-6-17(7-5-16)23-21(26)27/h3-8,13-14,23H,9-12H2,1-2H3,(H,22,25)(H,26,27). The lowest BCUT2D eigenvalue weighted by Gasteiger charge is -2.33. The lowest BCUT2D eigenvalue weighted by atomic mass is 9.97. The summed E-state index contributed by atoms with van der Waals surface area (Å²) in [7, 11) is 0. The fourth-order valence-electron chi connectivity index (χ4n) is 3.30. The van der Waals surface area contributed by atoms with Gasteiger partial charge in [0, 0.05) is 30.2 Å². The van der Waals surface area contributed by atoms with E-state index in [1.54, 1.807) is 24.3 Å². The Labute approximate surface area is 159 Å². The molecule has 6 heteroatoms. The topological polar surface area (TPSA) is 81.7 Å². The normalized spacial score (nSPS) is 14.7. The zero-order valence-corrected chi connectivity index (χ0v) is 15.7. The van der Waals surface area contributed by atoms with E-state index in [0.717, 1.165) is 43.1 Å². The first kappa shape index (κ1) is 18.8. The molecular formula is C21H25N3O3. The molecule has 0 spiro atoms. The first-order valence-corrected chi connectivity index (χ1v) is 9.19. The van der Waals surface area contributed by atoms with E-state index in [-0.39, 0.29) is 5.91 Å².